The first kappa shape index (κ1) is 16.9. The first-order valence-electron chi connectivity index (χ1n) is 7.53. The second kappa shape index (κ2) is 9.69. The molecule has 0 aromatic rings. The minimum atomic E-state index is -0.108. The molecule has 0 aromatic carbocycles. The fourth-order valence-electron chi connectivity index (χ4n) is 2.34. The van der Waals surface area contributed by atoms with Gasteiger partial charge in [0.1, 0.15) is 0 Å². The van der Waals surface area contributed by atoms with Crippen molar-refractivity contribution in [1.29, 1.82) is 0 Å². The zero-order chi connectivity index (χ0) is 14.8. The molecule has 0 aromatic heterocycles. The molecule has 20 heavy (non-hydrogen) atoms. The van der Waals surface area contributed by atoms with Crippen LogP contribution in [0.3, 0.4) is 0 Å². The van der Waals surface area contributed by atoms with Gasteiger partial charge in [-0.3, -0.25) is 20.4 Å². The lowest BCUT2D eigenvalue weighted by Crippen LogP contribution is -2.50. The minimum Gasteiger partial charge on any atom is -0.302 e. The summed E-state index contributed by atoms with van der Waals surface area (Å²) in [5.74, 6) is -0.0746. The van der Waals surface area contributed by atoms with E-state index in [9.17, 15) is 9.59 Å². The van der Waals surface area contributed by atoms with Crippen LogP contribution in [0.25, 0.3) is 0 Å². The molecule has 0 bridgehead atoms. The Morgan fingerprint density at radius 2 is 1.80 bits per heavy atom. The van der Waals surface area contributed by atoms with Crippen LogP contribution < -0.4 is 16.2 Å². The molecule has 114 valence electrons. The van der Waals surface area contributed by atoms with Gasteiger partial charge < -0.3 is 5.32 Å². The van der Waals surface area contributed by atoms with E-state index in [1.54, 1.807) is 0 Å². The monoisotopic (exact) mass is 299 g/mol. The van der Waals surface area contributed by atoms with Crippen molar-refractivity contribution in [2.75, 3.05) is 0 Å². The molecule has 2 amide bonds. The first-order valence-corrected chi connectivity index (χ1v) is 7.94. The Kier molecular flexibility index (Phi) is 8.18. The quantitative estimate of drug-likeness (QED) is 0.413. The summed E-state index contributed by atoms with van der Waals surface area (Å²) in [5.41, 5.74) is 5.18. The van der Waals surface area contributed by atoms with Crippen LogP contribution in [0.5, 0.6) is 0 Å². The highest BCUT2D eigenvalue weighted by atomic mass is 32.1. The van der Waals surface area contributed by atoms with Crippen LogP contribution in [-0.2, 0) is 9.59 Å². The molecule has 5 nitrogen and oxygen atoms in total. The third kappa shape index (κ3) is 6.84. The van der Waals surface area contributed by atoms with Crippen LogP contribution in [0.2, 0.25) is 0 Å². The van der Waals surface area contributed by atoms with Gasteiger partial charge in [0.25, 0.3) is 0 Å². The molecule has 1 saturated carbocycles. The molecule has 0 heterocycles. The summed E-state index contributed by atoms with van der Waals surface area (Å²) in [5, 5.41) is 2.73. The topological polar surface area (TPSA) is 70.2 Å². The normalized spacial score (nSPS) is 15.4. The molecular formula is C14H25N3O2S. The summed E-state index contributed by atoms with van der Waals surface area (Å²) in [7, 11) is 0. The summed E-state index contributed by atoms with van der Waals surface area (Å²) in [6, 6.07) is 0. The molecule has 3 N–H and O–H groups in total. The molecule has 6 heteroatoms. The third-order valence-electron chi connectivity index (χ3n) is 3.54. The van der Waals surface area contributed by atoms with Crippen LogP contribution >= 0.6 is 12.2 Å². The number of carbonyl (C=O) groups excluding carboxylic acids is 2. The van der Waals surface area contributed by atoms with Gasteiger partial charge in [0.2, 0.25) is 11.8 Å². The molecule has 0 saturated heterocycles. The Labute approximate surface area is 126 Å². The van der Waals surface area contributed by atoms with Crippen molar-refractivity contribution in [3.05, 3.63) is 0 Å². The van der Waals surface area contributed by atoms with Crippen LogP contribution in [0.1, 0.15) is 64.7 Å². The minimum absolute atomic E-state index is 0.0349. The number of hydrazine groups is 1. The highest BCUT2D eigenvalue weighted by Gasteiger charge is 2.20. The molecule has 1 rings (SSSR count). The maximum Gasteiger partial charge on any atom is 0.241 e. The van der Waals surface area contributed by atoms with E-state index >= 15 is 0 Å². The van der Waals surface area contributed by atoms with Gasteiger partial charge in [-0.2, -0.15) is 0 Å². The van der Waals surface area contributed by atoms with E-state index in [4.69, 9.17) is 12.2 Å². The number of hydrogen-bond acceptors (Lipinski definition) is 3. The summed E-state index contributed by atoms with van der Waals surface area (Å²) in [4.78, 5) is 23.4. The lowest BCUT2D eigenvalue weighted by Gasteiger charge is -2.21. The number of hydrogen-bond donors (Lipinski definition) is 3. The zero-order valence-corrected chi connectivity index (χ0v) is 13.0. The van der Waals surface area contributed by atoms with Crippen LogP contribution in [0.4, 0.5) is 0 Å². The van der Waals surface area contributed by atoms with Crippen molar-refractivity contribution in [3.63, 3.8) is 0 Å². The van der Waals surface area contributed by atoms with E-state index < -0.39 is 0 Å². The van der Waals surface area contributed by atoms with E-state index in [-0.39, 0.29) is 22.8 Å². The van der Waals surface area contributed by atoms with E-state index in [1.165, 1.54) is 6.42 Å². The summed E-state index contributed by atoms with van der Waals surface area (Å²) in [6.45, 7) is 2.09. The van der Waals surface area contributed by atoms with E-state index in [0.717, 1.165) is 44.9 Å². The lowest BCUT2D eigenvalue weighted by atomic mass is 9.89. The number of unbranched alkanes of at least 4 members (excludes halogenated alkanes) is 2. The van der Waals surface area contributed by atoms with Crippen molar-refractivity contribution in [2.24, 2.45) is 5.92 Å². The van der Waals surface area contributed by atoms with Gasteiger partial charge in [-0.15, -0.1) is 0 Å². The Morgan fingerprint density at radius 3 is 2.45 bits per heavy atom. The summed E-state index contributed by atoms with van der Waals surface area (Å²) >= 11 is 4.97. The number of nitrogens with one attached hydrogen (secondary N) is 3. The molecule has 1 fully saturated rings. The summed E-state index contributed by atoms with van der Waals surface area (Å²) in [6.07, 6.45) is 8.73. The third-order valence-corrected chi connectivity index (χ3v) is 3.74. The Hall–Kier alpha value is -1.17. The van der Waals surface area contributed by atoms with Gasteiger partial charge in [0.15, 0.2) is 5.11 Å². The zero-order valence-electron chi connectivity index (χ0n) is 12.2. The second-order valence-corrected chi connectivity index (χ2v) is 5.69. The Balaban J connectivity index is 2.15. The highest BCUT2D eigenvalue weighted by molar-refractivity contribution is 7.80. The van der Waals surface area contributed by atoms with Gasteiger partial charge in [0.05, 0.1) is 0 Å². The van der Waals surface area contributed by atoms with Crippen molar-refractivity contribution < 1.29 is 9.59 Å². The molecule has 0 atom stereocenters. The molecule has 0 aliphatic heterocycles. The van der Waals surface area contributed by atoms with Gasteiger partial charge in [0, 0.05) is 12.3 Å². The predicted octanol–water partition coefficient (Wildman–Crippen LogP) is 2.17. The maximum absolute atomic E-state index is 11.9. The van der Waals surface area contributed by atoms with Gasteiger partial charge in [-0.05, 0) is 31.5 Å². The van der Waals surface area contributed by atoms with Crippen LogP contribution in [0, 0.1) is 5.92 Å². The molecule has 1 aliphatic carbocycles. The highest BCUT2D eigenvalue weighted by Crippen LogP contribution is 2.23. The maximum atomic E-state index is 11.9. The molecular weight excluding hydrogens is 274 g/mol. The predicted molar refractivity (Wildman–Crippen MR) is 82.7 cm³/mol. The van der Waals surface area contributed by atoms with Gasteiger partial charge in [-0.1, -0.05) is 39.0 Å². The lowest BCUT2D eigenvalue weighted by molar-refractivity contribution is -0.126. The van der Waals surface area contributed by atoms with Crippen molar-refractivity contribution in [1.82, 2.24) is 16.2 Å². The summed E-state index contributed by atoms with van der Waals surface area (Å²) < 4.78 is 0. The van der Waals surface area contributed by atoms with Gasteiger partial charge >= 0.3 is 0 Å². The van der Waals surface area contributed by atoms with Crippen molar-refractivity contribution >= 4 is 29.1 Å². The fraction of sp³-hybridized carbons (Fsp3) is 0.786. The first-order chi connectivity index (χ1) is 9.63. The standard InChI is InChI=1S/C14H25N3O2S/c1-2-3-5-10-12(18)15-14(20)17-16-13(19)11-8-6-4-7-9-11/h11H,2-10H2,1H3,(H,16,19)(H2,15,17,18,20). The van der Waals surface area contributed by atoms with Crippen LogP contribution in [0.15, 0.2) is 0 Å². The largest absolute Gasteiger partial charge is 0.302 e. The Morgan fingerprint density at radius 1 is 1.10 bits per heavy atom. The number of rotatable bonds is 5. The molecule has 1 aliphatic rings. The number of thiocarbonyl (C=S) groups is 1. The van der Waals surface area contributed by atoms with E-state index in [1.807, 2.05) is 0 Å². The van der Waals surface area contributed by atoms with Crippen LogP contribution in [-0.4, -0.2) is 16.9 Å². The Bertz CT molecular complexity index is 341. The van der Waals surface area contributed by atoms with Crippen molar-refractivity contribution in [2.45, 2.75) is 64.7 Å². The molecule has 0 radical (unpaired) electrons. The van der Waals surface area contributed by atoms with E-state index in [2.05, 4.69) is 23.1 Å². The molecule has 0 spiro atoms. The van der Waals surface area contributed by atoms with E-state index in [0.29, 0.717) is 6.42 Å². The smallest absolute Gasteiger partial charge is 0.241 e. The second-order valence-electron chi connectivity index (χ2n) is 5.28. The average molecular weight is 299 g/mol. The SMILES string of the molecule is CCCCCC(=O)NC(=S)NNC(=O)C1CCCCC1. The number of carbonyl (C=O) groups is 2. The average Bonchev–Trinajstić information content (AvgIpc) is 2.46. The molecule has 0 unspecified atom stereocenters. The van der Waals surface area contributed by atoms with Gasteiger partial charge in [-0.25, -0.2) is 0 Å². The fourth-order valence-corrected chi connectivity index (χ4v) is 2.51. The number of amides is 2. The van der Waals surface area contributed by atoms with Crippen molar-refractivity contribution in [3.8, 4) is 0 Å².